The van der Waals surface area contributed by atoms with Crippen molar-refractivity contribution < 1.29 is 18.7 Å². The van der Waals surface area contributed by atoms with Crippen LogP contribution in [0.1, 0.15) is 23.1 Å². The summed E-state index contributed by atoms with van der Waals surface area (Å²) in [5, 5.41) is 3.46. The highest BCUT2D eigenvalue weighted by Crippen LogP contribution is 2.30. The van der Waals surface area contributed by atoms with Crippen molar-refractivity contribution in [1.82, 2.24) is 10.2 Å². The van der Waals surface area contributed by atoms with Crippen molar-refractivity contribution in [3.05, 3.63) is 58.5 Å². The fourth-order valence-corrected chi connectivity index (χ4v) is 3.14. The number of halogens is 1. The summed E-state index contributed by atoms with van der Waals surface area (Å²) >= 11 is 5.94. The summed E-state index contributed by atoms with van der Waals surface area (Å²) in [6.07, 6.45) is -0.190. The van der Waals surface area contributed by atoms with Crippen molar-refractivity contribution >= 4 is 23.4 Å². The van der Waals surface area contributed by atoms with Crippen molar-refractivity contribution in [1.29, 1.82) is 0 Å². The van der Waals surface area contributed by atoms with E-state index in [1.807, 2.05) is 19.1 Å². The first-order chi connectivity index (χ1) is 12.5. The molecule has 1 N–H and O–H groups in total. The summed E-state index contributed by atoms with van der Waals surface area (Å²) in [5.74, 6) is 1.23. The minimum Gasteiger partial charge on any atom is -0.466 e. The van der Waals surface area contributed by atoms with Gasteiger partial charge in [-0.1, -0.05) is 23.7 Å². The lowest BCUT2D eigenvalue weighted by Crippen LogP contribution is -2.53. The van der Waals surface area contributed by atoms with E-state index in [0.717, 1.165) is 17.1 Å². The van der Waals surface area contributed by atoms with Crippen LogP contribution in [0.4, 0.5) is 0 Å². The van der Waals surface area contributed by atoms with E-state index in [0.29, 0.717) is 18.0 Å². The number of rotatable bonds is 5. The molecule has 2 amide bonds. The molecular formula is C19H21ClN2O4. The van der Waals surface area contributed by atoms with E-state index in [9.17, 15) is 9.59 Å². The first kappa shape index (κ1) is 18.5. The molecule has 1 aliphatic rings. The van der Waals surface area contributed by atoms with Gasteiger partial charge >= 0.3 is 0 Å². The number of morpholine rings is 1. The third-order valence-electron chi connectivity index (χ3n) is 4.42. The second kappa shape index (κ2) is 7.93. The zero-order valence-corrected chi connectivity index (χ0v) is 15.5. The Labute approximate surface area is 157 Å². The number of hydrogen-bond acceptors (Lipinski definition) is 4. The smallest absolute Gasteiger partial charge is 0.251 e. The van der Waals surface area contributed by atoms with Crippen LogP contribution in [0.15, 0.2) is 40.8 Å². The summed E-state index contributed by atoms with van der Waals surface area (Å²) < 4.78 is 11.1. The third-order valence-corrected chi connectivity index (χ3v) is 4.67. The van der Waals surface area contributed by atoms with Gasteiger partial charge in [-0.15, -0.1) is 0 Å². The van der Waals surface area contributed by atoms with Crippen LogP contribution in [0.2, 0.25) is 5.02 Å². The van der Waals surface area contributed by atoms with Crippen molar-refractivity contribution in [3.63, 3.8) is 0 Å². The minimum absolute atomic E-state index is 0.115. The SMILES string of the molecule is Cc1ccc(CCNC(=O)[C@H]2OCC(=O)N(C)[C@@H]2c2ccc(Cl)cc2)o1. The average Bonchev–Trinajstić information content (AvgIpc) is 3.03. The van der Waals surface area contributed by atoms with E-state index in [1.165, 1.54) is 0 Å². The van der Waals surface area contributed by atoms with E-state index < -0.39 is 12.1 Å². The molecular weight excluding hydrogens is 356 g/mol. The van der Waals surface area contributed by atoms with Crippen LogP contribution in [-0.2, 0) is 20.7 Å². The molecule has 0 bridgehead atoms. The molecule has 7 heteroatoms. The maximum absolute atomic E-state index is 12.7. The van der Waals surface area contributed by atoms with Gasteiger partial charge in [0.05, 0.1) is 6.04 Å². The van der Waals surface area contributed by atoms with E-state index in [2.05, 4.69) is 5.32 Å². The molecule has 0 aliphatic carbocycles. The van der Waals surface area contributed by atoms with Gasteiger partial charge in [-0.25, -0.2) is 0 Å². The second-order valence-corrected chi connectivity index (χ2v) is 6.72. The first-order valence-electron chi connectivity index (χ1n) is 8.41. The lowest BCUT2D eigenvalue weighted by Gasteiger charge is -2.38. The molecule has 138 valence electrons. The molecule has 26 heavy (non-hydrogen) atoms. The van der Waals surface area contributed by atoms with Crippen molar-refractivity contribution in [2.45, 2.75) is 25.5 Å². The summed E-state index contributed by atoms with van der Waals surface area (Å²) in [6.45, 7) is 2.19. The molecule has 1 aromatic heterocycles. The number of likely N-dealkylation sites (N-methyl/N-ethyl adjacent to an activating group) is 1. The molecule has 6 nitrogen and oxygen atoms in total. The lowest BCUT2D eigenvalue weighted by molar-refractivity contribution is -0.162. The Morgan fingerprint density at radius 1 is 1.27 bits per heavy atom. The molecule has 0 radical (unpaired) electrons. The van der Waals surface area contributed by atoms with Crippen molar-refractivity contribution in [3.8, 4) is 0 Å². The van der Waals surface area contributed by atoms with Gasteiger partial charge in [0.15, 0.2) is 6.10 Å². The summed E-state index contributed by atoms with van der Waals surface area (Å²) in [4.78, 5) is 26.3. The number of nitrogens with zero attached hydrogens (tertiary/aromatic N) is 1. The van der Waals surface area contributed by atoms with E-state index >= 15 is 0 Å². The Hall–Kier alpha value is -2.31. The number of aryl methyl sites for hydroxylation is 1. The molecule has 0 unspecified atom stereocenters. The molecule has 2 aromatic rings. The summed E-state index contributed by atoms with van der Waals surface area (Å²) in [6, 6.07) is 10.4. The van der Waals surface area contributed by atoms with Gasteiger partial charge in [-0.2, -0.15) is 0 Å². The molecule has 1 saturated heterocycles. The van der Waals surface area contributed by atoms with Gasteiger partial charge in [-0.05, 0) is 36.8 Å². The van der Waals surface area contributed by atoms with E-state index in [4.69, 9.17) is 20.8 Å². The van der Waals surface area contributed by atoms with Crippen LogP contribution in [0, 0.1) is 6.92 Å². The molecule has 1 fully saturated rings. The molecule has 0 saturated carbocycles. The molecule has 3 rings (SSSR count). The van der Waals surface area contributed by atoms with Gasteiger partial charge in [0.1, 0.15) is 18.1 Å². The molecule has 0 spiro atoms. The maximum Gasteiger partial charge on any atom is 0.251 e. The molecule has 2 heterocycles. The van der Waals surface area contributed by atoms with Crippen LogP contribution in [-0.4, -0.2) is 43.0 Å². The lowest BCUT2D eigenvalue weighted by atomic mass is 9.97. The standard InChI is InChI=1S/C19H21ClN2O4/c1-12-3-8-15(26-12)9-10-21-19(24)18-17(22(2)16(23)11-25-18)13-4-6-14(20)7-5-13/h3-8,17-18H,9-11H2,1-2H3,(H,21,24)/t17-,18+/m1/s1. The first-order valence-corrected chi connectivity index (χ1v) is 8.79. The number of carbonyl (C=O) groups excluding carboxylic acids is 2. The average molecular weight is 377 g/mol. The Balaban J connectivity index is 1.69. The Bertz CT molecular complexity index is 787. The Kier molecular flexibility index (Phi) is 5.64. The summed E-state index contributed by atoms with van der Waals surface area (Å²) in [5.41, 5.74) is 0.798. The van der Waals surface area contributed by atoms with E-state index in [-0.39, 0.29) is 18.4 Å². The quantitative estimate of drug-likeness (QED) is 0.870. The monoisotopic (exact) mass is 376 g/mol. The fourth-order valence-electron chi connectivity index (χ4n) is 3.02. The highest BCUT2D eigenvalue weighted by molar-refractivity contribution is 6.30. The van der Waals surface area contributed by atoms with Gasteiger partial charge in [0.25, 0.3) is 5.91 Å². The predicted molar refractivity (Wildman–Crippen MR) is 96.9 cm³/mol. The number of furan rings is 1. The van der Waals surface area contributed by atoms with Gasteiger partial charge in [0.2, 0.25) is 5.91 Å². The normalized spacial score (nSPS) is 20.3. The fraction of sp³-hybridized carbons (Fsp3) is 0.368. The molecule has 1 aromatic carbocycles. The number of carbonyl (C=O) groups is 2. The number of amides is 2. The summed E-state index contributed by atoms with van der Waals surface area (Å²) in [7, 11) is 1.68. The maximum atomic E-state index is 12.7. The number of hydrogen-bond donors (Lipinski definition) is 1. The van der Waals surface area contributed by atoms with E-state index in [1.54, 1.807) is 36.2 Å². The Morgan fingerprint density at radius 3 is 2.65 bits per heavy atom. The molecule has 1 aliphatic heterocycles. The highest BCUT2D eigenvalue weighted by atomic mass is 35.5. The third kappa shape index (κ3) is 4.08. The second-order valence-electron chi connectivity index (χ2n) is 6.29. The largest absolute Gasteiger partial charge is 0.466 e. The Morgan fingerprint density at radius 2 is 2.00 bits per heavy atom. The zero-order valence-electron chi connectivity index (χ0n) is 14.7. The topological polar surface area (TPSA) is 71.8 Å². The number of benzene rings is 1. The highest BCUT2D eigenvalue weighted by Gasteiger charge is 2.39. The number of ether oxygens (including phenoxy) is 1. The van der Waals surface area contributed by atoms with Crippen molar-refractivity contribution in [2.75, 3.05) is 20.2 Å². The van der Waals surface area contributed by atoms with Crippen LogP contribution in [0.3, 0.4) is 0 Å². The van der Waals surface area contributed by atoms with Crippen LogP contribution in [0.25, 0.3) is 0 Å². The number of nitrogens with one attached hydrogen (secondary N) is 1. The van der Waals surface area contributed by atoms with Crippen molar-refractivity contribution in [2.24, 2.45) is 0 Å². The van der Waals surface area contributed by atoms with Gasteiger partial charge in [0, 0.05) is 25.0 Å². The van der Waals surface area contributed by atoms with Gasteiger partial charge < -0.3 is 19.4 Å². The van der Waals surface area contributed by atoms with Crippen LogP contribution < -0.4 is 5.32 Å². The molecule has 2 atom stereocenters. The minimum atomic E-state index is -0.780. The van der Waals surface area contributed by atoms with Crippen LogP contribution >= 0.6 is 11.6 Å². The predicted octanol–water partition coefficient (Wildman–Crippen LogP) is 2.50. The zero-order chi connectivity index (χ0) is 18.7. The van der Waals surface area contributed by atoms with Gasteiger partial charge in [-0.3, -0.25) is 9.59 Å². The van der Waals surface area contributed by atoms with Crippen LogP contribution in [0.5, 0.6) is 0 Å².